The number of carbonyl (C=O) groups is 1. The molecule has 0 bridgehead atoms. The number of anilines is 3. The molecule has 12 heteroatoms. The first-order valence-electron chi connectivity index (χ1n) is 12.2. The normalized spacial score (nSPS) is 14.6. The first-order valence-corrected chi connectivity index (χ1v) is 15.3. The number of fused-ring (bicyclic) bond motifs is 3. The Labute approximate surface area is 255 Å². The molecule has 0 saturated carbocycles. The fraction of sp³-hybridized carbons (Fsp3) is 0.296. The van der Waals surface area contributed by atoms with Gasteiger partial charge in [-0.05, 0) is 60.2 Å². The lowest BCUT2D eigenvalue weighted by Gasteiger charge is -2.12. The van der Waals surface area contributed by atoms with Crippen molar-refractivity contribution in [3.8, 4) is 0 Å². The van der Waals surface area contributed by atoms with Crippen LogP contribution in [-0.2, 0) is 38.5 Å². The van der Waals surface area contributed by atoms with Crippen LogP contribution in [0.3, 0.4) is 0 Å². The molecular formula is C27H30ClIN3O5S2-. The molecule has 0 spiro atoms. The molecule has 6 rings (SSSR count). The van der Waals surface area contributed by atoms with Gasteiger partial charge in [-0.3, -0.25) is 0 Å². The Morgan fingerprint density at radius 3 is 2.15 bits per heavy atom. The molecule has 3 aromatic carbocycles. The van der Waals surface area contributed by atoms with Crippen LogP contribution < -0.4 is 15.1 Å². The van der Waals surface area contributed by atoms with E-state index in [1.54, 1.807) is 22.6 Å². The highest BCUT2D eigenvalue weighted by Gasteiger charge is 2.16. The van der Waals surface area contributed by atoms with Crippen LogP contribution in [0.4, 0.5) is 21.9 Å². The molecule has 3 aliphatic heterocycles. The number of hydrogen-bond acceptors (Lipinski definition) is 9. The summed E-state index contributed by atoms with van der Waals surface area (Å²) in [7, 11) is 4.22. The van der Waals surface area contributed by atoms with Gasteiger partial charge in [-0.15, -0.1) is 0 Å². The monoisotopic (exact) mass is 702 g/mol. The molecule has 0 aliphatic carbocycles. The standard InChI is InChI=1S/C10H10INO2S.C9H11N.C8H9N.ClHO3S/c1-12-5-4-7-2-3-8(6-9(7)12)15-14-10(11)13;1-10-7-6-8-4-2-3-5-9(8)10;1-2-4-8-7(3-1)5-6-9-8;1-4-5(2)3/h2-3,6H,4-5H2,1H3;2-5H,6-7H2,1H3;1-4,9H,5-6H2;(H,2,3)/p-1. The maximum Gasteiger partial charge on any atom is 0.379 e. The van der Waals surface area contributed by atoms with Crippen molar-refractivity contribution in [2.45, 2.75) is 24.2 Å². The lowest BCUT2D eigenvalue weighted by atomic mass is 10.2. The van der Waals surface area contributed by atoms with E-state index in [0.717, 1.165) is 36.4 Å². The molecular weight excluding hydrogens is 673 g/mol. The highest BCUT2D eigenvalue weighted by molar-refractivity contribution is 14.1. The smallest absolute Gasteiger partial charge is 0.379 e. The summed E-state index contributed by atoms with van der Waals surface area (Å²) in [5.74, 6) is 0. The number of nitrogens with zero attached hydrogens (tertiary/aromatic N) is 2. The van der Waals surface area contributed by atoms with E-state index >= 15 is 0 Å². The van der Waals surface area contributed by atoms with Gasteiger partial charge in [-0.25, -0.2) is 9.00 Å². The van der Waals surface area contributed by atoms with Gasteiger partial charge < -0.3 is 23.9 Å². The van der Waals surface area contributed by atoms with Crippen molar-refractivity contribution in [3.05, 3.63) is 83.4 Å². The minimum Gasteiger partial charge on any atom is -0.749 e. The quantitative estimate of drug-likeness (QED) is 0.141. The van der Waals surface area contributed by atoms with Crippen molar-refractivity contribution in [1.82, 2.24) is 0 Å². The Kier molecular flexibility index (Phi) is 13.2. The molecule has 0 radical (unpaired) electrons. The van der Waals surface area contributed by atoms with Crippen LogP contribution in [0.2, 0.25) is 0 Å². The summed E-state index contributed by atoms with van der Waals surface area (Å²) in [4.78, 5) is 16.1. The molecule has 3 aliphatic rings. The molecule has 3 aromatic rings. The summed E-state index contributed by atoms with van der Waals surface area (Å²) in [6, 6.07) is 23.2. The SMILES string of the molecule is CN1CCc2ccc(SOC(=O)I)cc21.CN1CCc2ccccc21.O=S([O-])OCl.c1ccc2c(c1)CCN2. The van der Waals surface area contributed by atoms with Gasteiger partial charge in [0, 0.05) is 50.8 Å². The average Bonchev–Trinajstić information content (AvgIpc) is 3.68. The number of carbonyl (C=O) groups excluding carboxylic acids is 1. The minimum absolute atomic E-state index is 0.300. The second kappa shape index (κ2) is 16.3. The van der Waals surface area contributed by atoms with Gasteiger partial charge in [-0.1, -0.05) is 42.5 Å². The van der Waals surface area contributed by atoms with E-state index in [2.05, 4.69) is 105 Å². The predicted octanol–water partition coefficient (Wildman–Crippen LogP) is 6.54. The zero-order chi connectivity index (χ0) is 28.2. The Hall–Kier alpha value is -2.03. The number of halogens is 2. The van der Waals surface area contributed by atoms with Crippen molar-refractivity contribution in [1.29, 1.82) is 0 Å². The van der Waals surface area contributed by atoms with Gasteiger partial charge in [0.05, 0.1) is 51.4 Å². The van der Waals surface area contributed by atoms with Crippen LogP contribution >= 0.6 is 46.5 Å². The van der Waals surface area contributed by atoms with E-state index < -0.39 is 11.4 Å². The Balaban J connectivity index is 0.000000153. The van der Waals surface area contributed by atoms with Gasteiger partial charge in [0.25, 0.3) is 0 Å². The maximum atomic E-state index is 10.6. The van der Waals surface area contributed by atoms with Gasteiger partial charge in [0.2, 0.25) is 0 Å². The summed E-state index contributed by atoms with van der Waals surface area (Å²) >= 11 is 4.40. The number of nitrogens with one attached hydrogen (secondary N) is 1. The van der Waals surface area contributed by atoms with Crippen LogP contribution in [0.5, 0.6) is 0 Å². The van der Waals surface area contributed by atoms with Crippen molar-refractivity contribution in [3.63, 3.8) is 0 Å². The van der Waals surface area contributed by atoms with Gasteiger partial charge >= 0.3 is 3.98 Å². The summed E-state index contributed by atoms with van der Waals surface area (Å²) < 4.78 is 25.7. The molecule has 39 heavy (non-hydrogen) atoms. The highest BCUT2D eigenvalue weighted by atomic mass is 127. The topological polar surface area (TPSA) is 94.2 Å². The molecule has 8 nitrogen and oxygen atoms in total. The maximum absolute atomic E-state index is 10.6. The van der Waals surface area contributed by atoms with Crippen LogP contribution in [0.1, 0.15) is 16.7 Å². The van der Waals surface area contributed by atoms with Gasteiger partial charge in [0.15, 0.2) is 0 Å². The van der Waals surface area contributed by atoms with E-state index in [0.29, 0.717) is 0 Å². The van der Waals surface area contributed by atoms with Crippen molar-refractivity contribution >= 4 is 78.9 Å². The number of likely N-dealkylation sites (N-methyl/N-ethyl adjacent to an activating group) is 2. The van der Waals surface area contributed by atoms with Crippen LogP contribution in [0.25, 0.3) is 0 Å². The zero-order valence-electron chi connectivity index (χ0n) is 21.6. The number of benzene rings is 3. The van der Waals surface area contributed by atoms with Crippen LogP contribution in [-0.4, -0.2) is 46.5 Å². The van der Waals surface area contributed by atoms with Crippen molar-refractivity contribution in [2.75, 3.05) is 48.8 Å². The zero-order valence-corrected chi connectivity index (χ0v) is 26.1. The Morgan fingerprint density at radius 1 is 0.949 bits per heavy atom. The second-order valence-corrected chi connectivity index (χ2v) is 11.4. The van der Waals surface area contributed by atoms with Crippen molar-refractivity contribution in [2.24, 2.45) is 0 Å². The molecule has 3 heterocycles. The molecule has 1 N–H and O–H groups in total. The van der Waals surface area contributed by atoms with E-state index in [-0.39, 0.29) is 3.98 Å². The van der Waals surface area contributed by atoms with Crippen LogP contribution in [0, 0.1) is 0 Å². The lowest BCUT2D eigenvalue weighted by molar-refractivity contribution is 0.237. The Morgan fingerprint density at radius 2 is 1.54 bits per heavy atom. The fourth-order valence-corrected chi connectivity index (χ4v) is 5.11. The molecule has 0 fully saturated rings. The third-order valence-corrected chi connectivity index (χ3v) is 7.90. The first kappa shape index (κ1) is 31.5. The van der Waals surface area contributed by atoms with E-state index in [4.69, 9.17) is 12.9 Å². The predicted molar refractivity (Wildman–Crippen MR) is 168 cm³/mol. The lowest BCUT2D eigenvalue weighted by Crippen LogP contribution is -2.12. The van der Waals surface area contributed by atoms with Gasteiger partial charge in [-0.2, -0.15) is 3.74 Å². The van der Waals surface area contributed by atoms with Gasteiger partial charge in [0.1, 0.15) is 11.4 Å². The number of para-hydroxylation sites is 2. The van der Waals surface area contributed by atoms with E-state index in [1.165, 1.54) is 53.1 Å². The van der Waals surface area contributed by atoms with E-state index in [9.17, 15) is 4.79 Å². The average molecular weight is 703 g/mol. The van der Waals surface area contributed by atoms with E-state index in [1.807, 2.05) is 6.07 Å². The second-order valence-electron chi connectivity index (χ2n) is 8.77. The van der Waals surface area contributed by atoms with Crippen molar-refractivity contribution < 1.29 is 21.5 Å². The molecule has 1 unspecified atom stereocenters. The third-order valence-electron chi connectivity index (χ3n) is 6.29. The largest absolute Gasteiger partial charge is 0.749 e. The highest BCUT2D eigenvalue weighted by Crippen LogP contribution is 2.32. The third kappa shape index (κ3) is 10.1. The molecule has 0 amide bonds. The molecule has 0 aromatic heterocycles. The summed E-state index contributed by atoms with van der Waals surface area (Å²) in [5.41, 5.74) is 8.27. The first-order chi connectivity index (χ1) is 18.8. The number of rotatable bonds is 3. The Bertz CT molecular complexity index is 1250. The summed E-state index contributed by atoms with van der Waals surface area (Å²) in [6.07, 6.45) is 3.51. The van der Waals surface area contributed by atoms with Crippen LogP contribution in [0.15, 0.2) is 71.6 Å². The molecule has 1 atom stereocenters. The fourth-order valence-electron chi connectivity index (χ4n) is 4.40. The molecule has 0 saturated heterocycles. The summed E-state index contributed by atoms with van der Waals surface area (Å²) in [5, 5.41) is 3.30. The molecule has 210 valence electrons. The number of hydrogen-bond donors (Lipinski definition) is 1. The summed E-state index contributed by atoms with van der Waals surface area (Å²) in [6.45, 7) is 3.36. The minimum atomic E-state index is -2.56.